The van der Waals surface area contributed by atoms with E-state index in [1.807, 2.05) is 52.3 Å². The van der Waals surface area contributed by atoms with Crippen LogP contribution in [0.15, 0.2) is 65.5 Å². The van der Waals surface area contributed by atoms with Crippen LogP contribution in [0.2, 0.25) is 5.02 Å². The molecule has 4 aromatic rings. The van der Waals surface area contributed by atoms with Crippen molar-refractivity contribution in [3.05, 3.63) is 80.9 Å². The second kappa shape index (κ2) is 9.13. The van der Waals surface area contributed by atoms with Gasteiger partial charge in [0.25, 0.3) is 5.56 Å². The molecule has 0 bridgehead atoms. The van der Waals surface area contributed by atoms with Crippen LogP contribution in [0, 0.1) is 0 Å². The smallest absolute Gasteiger partial charge is 0.251 e. The number of likely N-dealkylation sites (tertiary alicyclic amines) is 1. The molecule has 0 aliphatic carbocycles. The topological polar surface area (TPSA) is 37.3 Å². The minimum absolute atomic E-state index is 0.0832. The highest BCUT2D eigenvalue weighted by atomic mass is 35.5. The predicted octanol–water partition coefficient (Wildman–Crippen LogP) is 5.12. The van der Waals surface area contributed by atoms with Gasteiger partial charge in [0, 0.05) is 46.3 Å². The van der Waals surface area contributed by atoms with Crippen molar-refractivity contribution in [2.24, 2.45) is 0 Å². The molecule has 0 spiro atoms. The third-order valence-electron chi connectivity index (χ3n) is 6.22. The first kappa shape index (κ1) is 20.7. The number of benzene rings is 2. The normalized spacial score (nSPS) is 15.8. The van der Waals surface area contributed by atoms with Gasteiger partial charge in [-0.05, 0) is 73.1 Å². The van der Waals surface area contributed by atoms with Gasteiger partial charge in [0.1, 0.15) is 0 Å². The van der Waals surface area contributed by atoms with Crippen molar-refractivity contribution in [3.63, 3.8) is 0 Å². The fourth-order valence-corrected chi connectivity index (χ4v) is 5.65. The molecule has 3 heterocycles. The van der Waals surface area contributed by atoms with Crippen molar-refractivity contribution < 1.29 is 0 Å². The molecule has 1 fully saturated rings. The van der Waals surface area contributed by atoms with Crippen molar-refractivity contribution in [3.8, 4) is 0 Å². The summed E-state index contributed by atoms with van der Waals surface area (Å²) in [6.45, 7) is 4.70. The van der Waals surface area contributed by atoms with E-state index in [2.05, 4.69) is 28.4 Å². The van der Waals surface area contributed by atoms with Gasteiger partial charge in [-0.2, -0.15) is 0 Å². The van der Waals surface area contributed by atoms with E-state index in [1.165, 1.54) is 15.0 Å². The molecule has 31 heavy (non-hydrogen) atoms. The van der Waals surface area contributed by atoms with Crippen molar-refractivity contribution in [2.75, 3.05) is 19.6 Å². The summed E-state index contributed by atoms with van der Waals surface area (Å²) >= 11 is 7.95. The highest BCUT2D eigenvalue weighted by Gasteiger charge is 2.19. The summed E-state index contributed by atoms with van der Waals surface area (Å²) in [4.78, 5) is 16.2. The summed E-state index contributed by atoms with van der Waals surface area (Å²) in [5, 5.41) is 6.88. The quantitative estimate of drug-likeness (QED) is 0.442. The Morgan fingerprint density at radius 3 is 2.68 bits per heavy atom. The van der Waals surface area contributed by atoms with Crippen LogP contribution in [0.3, 0.4) is 0 Å². The molecule has 1 saturated heterocycles. The number of rotatable bonds is 6. The Kier molecular flexibility index (Phi) is 6.10. The Morgan fingerprint density at radius 2 is 1.81 bits per heavy atom. The number of piperidine rings is 1. The molecule has 2 aromatic carbocycles. The molecule has 0 atom stereocenters. The van der Waals surface area contributed by atoms with Crippen molar-refractivity contribution in [1.29, 1.82) is 0 Å². The van der Waals surface area contributed by atoms with Crippen LogP contribution in [-0.2, 0) is 13.1 Å². The molecule has 0 unspecified atom stereocenters. The molecular formula is C25H26ClN3OS. The van der Waals surface area contributed by atoms with Crippen LogP contribution >= 0.6 is 22.9 Å². The predicted molar refractivity (Wildman–Crippen MR) is 131 cm³/mol. The molecule has 1 aliphatic heterocycles. The van der Waals surface area contributed by atoms with E-state index < -0.39 is 0 Å². The molecule has 6 heteroatoms. The fourth-order valence-electron chi connectivity index (χ4n) is 4.48. The van der Waals surface area contributed by atoms with Crippen LogP contribution in [0.1, 0.15) is 17.7 Å². The summed E-state index contributed by atoms with van der Waals surface area (Å²) in [6, 6.07) is 20.6. The zero-order chi connectivity index (χ0) is 21.2. The van der Waals surface area contributed by atoms with Gasteiger partial charge < -0.3 is 14.8 Å². The van der Waals surface area contributed by atoms with Crippen LogP contribution < -0.4 is 10.9 Å². The number of aromatic nitrogens is 1. The van der Waals surface area contributed by atoms with E-state index in [0.717, 1.165) is 61.5 Å². The summed E-state index contributed by atoms with van der Waals surface area (Å²) < 4.78 is 3.20. The SMILES string of the molecule is O=c1ccc2ccccc2n1CCN1CCC(NCc2cc3cc(Cl)ccc3s2)CC1. The highest BCUT2D eigenvalue weighted by Crippen LogP contribution is 2.28. The fraction of sp³-hybridized carbons (Fsp3) is 0.320. The molecule has 4 nitrogen and oxygen atoms in total. The van der Waals surface area contributed by atoms with E-state index in [1.54, 1.807) is 6.07 Å². The Bertz CT molecular complexity index is 1260. The van der Waals surface area contributed by atoms with Crippen LogP contribution in [0.25, 0.3) is 21.0 Å². The van der Waals surface area contributed by atoms with Gasteiger partial charge in [-0.1, -0.05) is 29.8 Å². The maximum Gasteiger partial charge on any atom is 0.251 e. The van der Waals surface area contributed by atoms with Crippen LogP contribution in [0.5, 0.6) is 0 Å². The van der Waals surface area contributed by atoms with Crippen molar-refractivity contribution >= 4 is 43.9 Å². The summed E-state index contributed by atoms with van der Waals surface area (Å²) in [5.41, 5.74) is 1.11. The molecule has 0 amide bonds. The first-order valence-corrected chi connectivity index (χ1v) is 12.1. The molecule has 1 N–H and O–H groups in total. The molecule has 0 saturated carbocycles. The summed E-state index contributed by atoms with van der Waals surface area (Å²) in [7, 11) is 0. The minimum atomic E-state index is 0.0832. The summed E-state index contributed by atoms with van der Waals surface area (Å²) in [6.07, 6.45) is 2.28. The number of pyridine rings is 1. The second-order valence-electron chi connectivity index (χ2n) is 8.27. The maximum absolute atomic E-state index is 12.4. The highest BCUT2D eigenvalue weighted by molar-refractivity contribution is 7.19. The third kappa shape index (κ3) is 4.70. The summed E-state index contributed by atoms with van der Waals surface area (Å²) in [5.74, 6) is 0. The zero-order valence-electron chi connectivity index (χ0n) is 17.4. The Morgan fingerprint density at radius 1 is 0.968 bits per heavy atom. The number of thiophene rings is 1. The van der Waals surface area contributed by atoms with Gasteiger partial charge in [0.15, 0.2) is 0 Å². The standard InChI is InChI=1S/C25H26ClN3OS/c26-20-6-7-24-19(15-20)16-22(31-24)17-27-21-9-11-28(12-10-21)13-14-29-23-4-2-1-3-18(23)5-8-25(29)30/h1-8,15-16,21,27H,9-14,17H2. The zero-order valence-corrected chi connectivity index (χ0v) is 19.0. The third-order valence-corrected chi connectivity index (χ3v) is 7.57. The first-order valence-electron chi connectivity index (χ1n) is 10.9. The average molecular weight is 452 g/mol. The molecular weight excluding hydrogens is 426 g/mol. The Labute approximate surface area is 191 Å². The van der Waals surface area contributed by atoms with E-state index in [4.69, 9.17) is 11.6 Å². The number of nitrogens with one attached hydrogen (secondary N) is 1. The van der Waals surface area contributed by atoms with Gasteiger partial charge >= 0.3 is 0 Å². The number of hydrogen-bond donors (Lipinski definition) is 1. The lowest BCUT2D eigenvalue weighted by molar-refractivity contribution is 0.191. The van der Waals surface area contributed by atoms with Gasteiger partial charge in [-0.25, -0.2) is 0 Å². The molecule has 1 aliphatic rings. The number of fused-ring (bicyclic) bond motifs is 2. The van der Waals surface area contributed by atoms with Gasteiger partial charge in [-0.15, -0.1) is 11.3 Å². The Balaban J connectivity index is 1.13. The molecule has 2 aromatic heterocycles. The largest absolute Gasteiger partial charge is 0.309 e. The average Bonchev–Trinajstić information content (AvgIpc) is 3.20. The van der Waals surface area contributed by atoms with E-state index in [-0.39, 0.29) is 5.56 Å². The van der Waals surface area contributed by atoms with Crippen molar-refractivity contribution in [1.82, 2.24) is 14.8 Å². The minimum Gasteiger partial charge on any atom is -0.309 e. The number of nitrogens with zero attached hydrogens (tertiary/aromatic N) is 2. The molecule has 5 rings (SSSR count). The molecule has 160 valence electrons. The number of para-hydroxylation sites is 1. The lowest BCUT2D eigenvalue weighted by Gasteiger charge is -2.32. The van der Waals surface area contributed by atoms with E-state index >= 15 is 0 Å². The van der Waals surface area contributed by atoms with Gasteiger partial charge in [0.2, 0.25) is 0 Å². The van der Waals surface area contributed by atoms with Gasteiger partial charge in [0.05, 0.1) is 5.52 Å². The lowest BCUT2D eigenvalue weighted by Crippen LogP contribution is -2.43. The lowest BCUT2D eigenvalue weighted by atomic mass is 10.0. The Hall–Kier alpha value is -2.18. The van der Waals surface area contributed by atoms with E-state index in [0.29, 0.717) is 6.04 Å². The second-order valence-corrected chi connectivity index (χ2v) is 9.88. The number of halogens is 1. The van der Waals surface area contributed by atoms with E-state index in [9.17, 15) is 4.79 Å². The van der Waals surface area contributed by atoms with Gasteiger partial charge in [-0.3, -0.25) is 4.79 Å². The van der Waals surface area contributed by atoms with Crippen molar-refractivity contribution in [2.45, 2.75) is 32.0 Å². The molecule has 0 radical (unpaired) electrons. The first-order chi connectivity index (χ1) is 15.2. The monoisotopic (exact) mass is 451 g/mol. The van der Waals surface area contributed by atoms with Crippen LogP contribution in [0.4, 0.5) is 0 Å². The maximum atomic E-state index is 12.4. The number of hydrogen-bond acceptors (Lipinski definition) is 4. The van der Waals surface area contributed by atoms with Crippen LogP contribution in [-0.4, -0.2) is 35.1 Å².